The largest absolute Gasteiger partial charge is 0.497 e. The molecule has 3 aromatic rings. The van der Waals surface area contributed by atoms with Crippen molar-refractivity contribution in [3.8, 4) is 5.75 Å². The molecular formula is C23H24N4O4. The highest BCUT2D eigenvalue weighted by Gasteiger charge is 2.42. The van der Waals surface area contributed by atoms with Gasteiger partial charge >= 0.3 is 0 Å². The van der Waals surface area contributed by atoms with E-state index in [9.17, 15) is 9.59 Å². The molecule has 8 nitrogen and oxygen atoms in total. The van der Waals surface area contributed by atoms with Crippen molar-refractivity contribution in [2.75, 3.05) is 30.5 Å². The quantitative estimate of drug-likeness (QED) is 0.662. The van der Waals surface area contributed by atoms with Crippen LogP contribution in [0, 0.1) is 0 Å². The maximum Gasteiger partial charge on any atom is 0.253 e. The zero-order chi connectivity index (χ0) is 21.4. The van der Waals surface area contributed by atoms with E-state index in [0.717, 1.165) is 30.5 Å². The van der Waals surface area contributed by atoms with Crippen LogP contribution in [-0.4, -0.2) is 47.7 Å². The van der Waals surface area contributed by atoms with Crippen molar-refractivity contribution in [2.45, 2.75) is 31.4 Å². The Morgan fingerprint density at radius 3 is 2.94 bits per heavy atom. The summed E-state index contributed by atoms with van der Waals surface area (Å²) < 4.78 is 12.8. The second-order valence-electron chi connectivity index (χ2n) is 7.85. The Bertz CT molecular complexity index is 1140. The van der Waals surface area contributed by atoms with Gasteiger partial charge in [0.25, 0.3) is 5.91 Å². The number of amides is 2. The van der Waals surface area contributed by atoms with Crippen molar-refractivity contribution >= 4 is 34.5 Å². The van der Waals surface area contributed by atoms with Crippen LogP contribution in [-0.2, 0) is 14.3 Å². The Morgan fingerprint density at radius 2 is 2.13 bits per heavy atom. The van der Waals surface area contributed by atoms with Gasteiger partial charge in [-0.05, 0) is 37.1 Å². The Kier molecular flexibility index (Phi) is 5.07. The first-order valence-corrected chi connectivity index (χ1v) is 10.5. The Hall–Kier alpha value is -3.39. The smallest absolute Gasteiger partial charge is 0.253 e. The number of nitrogens with zero attached hydrogens (tertiary/aromatic N) is 3. The number of methoxy groups -OCH3 is 1. The standard InChI is InChI=1S/C23H24N4O4/c1-30-16-7-4-6-15(12-16)24-21(28)13-20-22(29)26(14-17-8-5-11-31-17)23-25-18-9-2-3-10-19(18)27(20)23/h2-4,6-7,9-10,12,17,20H,5,8,11,13-14H2,1H3,(H,24,28)/t17-,20+/m1/s1. The molecule has 0 radical (unpaired) electrons. The van der Waals surface area contributed by atoms with E-state index in [1.165, 1.54) is 0 Å². The first-order valence-electron chi connectivity index (χ1n) is 10.5. The van der Waals surface area contributed by atoms with Crippen LogP contribution in [0.15, 0.2) is 48.5 Å². The fourth-order valence-electron chi connectivity index (χ4n) is 4.35. The number of benzene rings is 2. The van der Waals surface area contributed by atoms with Crippen molar-refractivity contribution in [1.29, 1.82) is 0 Å². The van der Waals surface area contributed by atoms with Gasteiger partial charge in [0.05, 0.1) is 37.2 Å². The maximum atomic E-state index is 13.4. The number of nitrogens with one attached hydrogen (secondary N) is 1. The van der Waals surface area contributed by atoms with Crippen LogP contribution in [0.5, 0.6) is 5.75 Å². The van der Waals surface area contributed by atoms with Gasteiger partial charge in [-0.1, -0.05) is 18.2 Å². The highest BCUT2D eigenvalue weighted by Crippen LogP contribution is 2.37. The minimum atomic E-state index is -0.644. The van der Waals surface area contributed by atoms with Crippen LogP contribution < -0.4 is 15.0 Å². The lowest BCUT2D eigenvalue weighted by Crippen LogP contribution is -2.37. The SMILES string of the molecule is COc1cccc(NC(=O)C[C@H]2C(=O)N(C[C@H]3CCCO3)c3nc4ccccc4n32)c1. The first kappa shape index (κ1) is 19.6. The molecule has 31 heavy (non-hydrogen) atoms. The van der Waals surface area contributed by atoms with Gasteiger partial charge in [0, 0.05) is 18.4 Å². The van der Waals surface area contributed by atoms with Crippen LogP contribution in [0.2, 0.25) is 0 Å². The molecule has 2 amide bonds. The van der Waals surface area contributed by atoms with Gasteiger partial charge < -0.3 is 14.8 Å². The van der Waals surface area contributed by atoms with Crippen molar-refractivity contribution in [1.82, 2.24) is 9.55 Å². The molecule has 3 heterocycles. The molecule has 1 saturated heterocycles. The summed E-state index contributed by atoms with van der Waals surface area (Å²) in [6.07, 6.45) is 1.94. The molecule has 5 rings (SSSR count). The van der Waals surface area contributed by atoms with E-state index in [0.29, 0.717) is 23.9 Å². The Labute approximate surface area is 179 Å². The number of anilines is 2. The van der Waals surface area contributed by atoms with Crippen LogP contribution in [0.3, 0.4) is 0 Å². The molecule has 1 N–H and O–H groups in total. The molecule has 2 aliphatic rings. The summed E-state index contributed by atoms with van der Waals surface area (Å²) in [6, 6.07) is 14.2. The highest BCUT2D eigenvalue weighted by molar-refractivity contribution is 6.05. The molecular weight excluding hydrogens is 396 g/mol. The predicted octanol–water partition coefficient (Wildman–Crippen LogP) is 3.14. The number of hydrogen-bond donors (Lipinski definition) is 1. The van der Waals surface area contributed by atoms with Crippen LogP contribution in [0.1, 0.15) is 25.3 Å². The van der Waals surface area contributed by atoms with Crippen LogP contribution in [0.25, 0.3) is 11.0 Å². The number of imidazole rings is 1. The molecule has 160 valence electrons. The second-order valence-corrected chi connectivity index (χ2v) is 7.85. The molecule has 8 heteroatoms. The van der Waals surface area contributed by atoms with Crippen LogP contribution in [0.4, 0.5) is 11.6 Å². The molecule has 2 aliphatic heterocycles. The minimum Gasteiger partial charge on any atom is -0.497 e. The molecule has 1 aromatic heterocycles. The molecule has 1 fully saturated rings. The fourth-order valence-corrected chi connectivity index (χ4v) is 4.35. The highest BCUT2D eigenvalue weighted by atomic mass is 16.5. The molecule has 0 bridgehead atoms. The van der Waals surface area contributed by atoms with Gasteiger partial charge in [0.15, 0.2) is 0 Å². The normalized spacial score (nSPS) is 20.3. The summed E-state index contributed by atoms with van der Waals surface area (Å²) >= 11 is 0. The van der Waals surface area contributed by atoms with Gasteiger partial charge in [-0.2, -0.15) is 0 Å². The minimum absolute atomic E-state index is 0.00146. The predicted molar refractivity (Wildman–Crippen MR) is 116 cm³/mol. The van der Waals surface area contributed by atoms with Gasteiger partial charge in [0.1, 0.15) is 11.8 Å². The number of hydrogen-bond acceptors (Lipinski definition) is 5. The molecule has 0 saturated carbocycles. The van der Waals surface area contributed by atoms with E-state index in [1.54, 1.807) is 30.2 Å². The van der Waals surface area contributed by atoms with Gasteiger partial charge in [-0.25, -0.2) is 4.98 Å². The van der Waals surface area contributed by atoms with Gasteiger partial charge in [0.2, 0.25) is 11.9 Å². The summed E-state index contributed by atoms with van der Waals surface area (Å²) in [5.41, 5.74) is 2.28. The zero-order valence-corrected chi connectivity index (χ0v) is 17.3. The monoisotopic (exact) mass is 420 g/mol. The van der Waals surface area contributed by atoms with Crippen molar-refractivity contribution in [2.24, 2.45) is 0 Å². The van der Waals surface area contributed by atoms with Gasteiger partial charge in [-0.3, -0.25) is 19.1 Å². The zero-order valence-electron chi connectivity index (χ0n) is 17.3. The Morgan fingerprint density at radius 1 is 1.26 bits per heavy atom. The lowest BCUT2D eigenvalue weighted by molar-refractivity contribution is -0.124. The summed E-state index contributed by atoms with van der Waals surface area (Å²) in [5, 5.41) is 2.87. The number of carbonyl (C=O) groups is 2. The third-order valence-corrected chi connectivity index (χ3v) is 5.82. The van der Waals surface area contributed by atoms with E-state index < -0.39 is 6.04 Å². The average molecular weight is 420 g/mol. The number of ether oxygens (including phenoxy) is 2. The molecule has 0 spiro atoms. The van der Waals surface area contributed by atoms with E-state index in [1.807, 2.05) is 34.9 Å². The Balaban J connectivity index is 1.42. The van der Waals surface area contributed by atoms with E-state index in [4.69, 9.17) is 14.5 Å². The van der Waals surface area contributed by atoms with E-state index in [-0.39, 0.29) is 24.3 Å². The molecule has 2 aromatic carbocycles. The average Bonchev–Trinajstić information content (AvgIpc) is 3.48. The fraction of sp³-hybridized carbons (Fsp3) is 0.348. The van der Waals surface area contributed by atoms with Gasteiger partial charge in [-0.15, -0.1) is 0 Å². The number of para-hydroxylation sites is 2. The molecule has 0 aliphatic carbocycles. The number of rotatable bonds is 6. The maximum absolute atomic E-state index is 13.4. The third kappa shape index (κ3) is 3.63. The number of fused-ring (bicyclic) bond motifs is 3. The van der Waals surface area contributed by atoms with Crippen LogP contribution >= 0.6 is 0 Å². The summed E-state index contributed by atoms with van der Waals surface area (Å²) in [6.45, 7) is 1.17. The molecule has 0 unspecified atom stereocenters. The van der Waals surface area contributed by atoms with E-state index >= 15 is 0 Å². The lowest BCUT2D eigenvalue weighted by Gasteiger charge is -2.19. The van der Waals surface area contributed by atoms with E-state index in [2.05, 4.69) is 5.32 Å². The van der Waals surface area contributed by atoms with Crippen molar-refractivity contribution in [3.63, 3.8) is 0 Å². The van der Waals surface area contributed by atoms with Crippen molar-refractivity contribution in [3.05, 3.63) is 48.5 Å². The first-order chi connectivity index (χ1) is 15.1. The number of carbonyl (C=O) groups excluding carboxylic acids is 2. The third-order valence-electron chi connectivity index (χ3n) is 5.82. The lowest BCUT2D eigenvalue weighted by atomic mass is 10.1. The topological polar surface area (TPSA) is 85.7 Å². The second kappa shape index (κ2) is 8.03. The summed E-state index contributed by atoms with van der Waals surface area (Å²) in [4.78, 5) is 32.6. The summed E-state index contributed by atoms with van der Waals surface area (Å²) in [7, 11) is 1.58. The van der Waals surface area contributed by atoms with Crippen molar-refractivity contribution < 1.29 is 19.1 Å². The summed E-state index contributed by atoms with van der Waals surface area (Å²) in [5.74, 6) is 0.875. The molecule has 2 atom stereocenters. The number of aromatic nitrogens is 2.